The molecule has 3 aromatic heterocycles. The van der Waals surface area contributed by atoms with Gasteiger partial charge in [-0.25, -0.2) is 24.9 Å². The highest BCUT2D eigenvalue weighted by Gasteiger charge is 2.28. The third-order valence-electron chi connectivity index (χ3n) is 4.14. The van der Waals surface area contributed by atoms with E-state index in [0.29, 0.717) is 17.0 Å². The van der Waals surface area contributed by atoms with Gasteiger partial charge >= 0.3 is 0 Å². The molecule has 2 atom stereocenters. The third kappa shape index (κ3) is 3.29. The Labute approximate surface area is 149 Å². The van der Waals surface area contributed by atoms with Crippen molar-refractivity contribution in [2.45, 2.75) is 44.2 Å². The molecule has 0 radical (unpaired) electrons. The number of nitrogens with two attached hydrogens (primary N) is 1. The predicted molar refractivity (Wildman–Crippen MR) is 95.1 cm³/mol. The second kappa shape index (κ2) is 6.57. The van der Waals surface area contributed by atoms with Gasteiger partial charge in [0.25, 0.3) is 0 Å². The average molecular weight is 357 g/mol. The highest BCUT2D eigenvalue weighted by molar-refractivity contribution is 7.99. The lowest BCUT2D eigenvalue weighted by Crippen LogP contribution is -2.13. The topological polar surface area (TPSA) is 105 Å². The first-order valence-corrected chi connectivity index (χ1v) is 9.12. The summed E-state index contributed by atoms with van der Waals surface area (Å²) in [4.78, 5) is 21.5. The van der Waals surface area contributed by atoms with Gasteiger partial charge in [0, 0.05) is 17.1 Å². The van der Waals surface area contributed by atoms with Crippen LogP contribution >= 0.6 is 11.8 Å². The number of nitrogens with zero attached hydrogens (tertiary/aromatic N) is 6. The molecule has 2 N–H and O–H groups in total. The number of nitrogen functional groups attached to an aromatic ring is 1. The van der Waals surface area contributed by atoms with E-state index in [4.69, 9.17) is 10.5 Å². The Bertz CT molecular complexity index is 892. The number of aryl methyl sites for hydroxylation is 2. The monoisotopic (exact) mass is 357 g/mol. The first kappa shape index (κ1) is 16.2. The van der Waals surface area contributed by atoms with E-state index < -0.39 is 0 Å². The number of rotatable bonds is 4. The summed E-state index contributed by atoms with van der Waals surface area (Å²) in [5.41, 5.74) is 9.15. The molecule has 0 amide bonds. The number of anilines is 1. The highest BCUT2D eigenvalue weighted by atomic mass is 32.2. The van der Waals surface area contributed by atoms with Crippen LogP contribution < -0.4 is 5.73 Å². The Hall–Kier alpha value is -2.26. The van der Waals surface area contributed by atoms with Gasteiger partial charge < -0.3 is 10.5 Å². The highest BCUT2D eigenvalue weighted by Crippen LogP contribution is 2.33. The fourth-order valence-electron chi connectivity index (χ4n) is 3.02. The number of hydrogen-bond acceptors (Lipinski definition) is 8. The summed E-state index contributed by atoms with van der Waals surface area (Å²) in [6.07, 6.45) is 5.14. The van der Waals surface area contributed by atoms with Crippen LogP contribution in [0, 0.1) is 13.8 Å². The molecule has 130 valence electrons. The van der Waals surface area contributed by atoms with Crippen molar-refractivity contribution in [3.05, 3.63) is 30.1 Å². The number of aromatic nitrogens is 6. The van der Waals surface area contributed by atoms with Crippen molar-refractivity contribution in [2.24, 2.45) is 0 Å². The van der Waals surface area contributed by atoms with Crippen LogP contribution in [0.4, 0.5) is 5.82 Å². The van der Waals surface area contributed by atoms with Crippen molar-refractivity contribution >= 4 is 28.7 Å². The van der Waals surface area contributed by atoms with Crippen molar-refractivity contribution in [1.82, 2.24) is 29.5 Å². The van der Waals surface area contributed by atoms with Crippen LogP contribution in [-0.4, -0.2) is 41.3 Å². The number of fused-ring (bicyclic) bond motifs is 1. The van der Waals surface area contributed by atoms with Gasteiger partial charge in [-0.1, -0.05) is 11.8 Å². The summed E-state index contributed by atoms with van der Waals surface area (Å²) in [6, 6.07) is 1.98. The van der Waals surface area contributed by atoms with Gasteiger partial charge in [-0.2, -0.15) is 0 Å². The predicted octanol–water partition coefficient (Wildman–Crippen LogP) is 2.29. The Morgan fingerprint density at radius 2 is 2.00 bits per heavy atom. The van der Waals surface area contributed by atoms with Gasteiger partial charge in [0.2, 0.25) is 0 Å². The molecular formula is C16H19N7OS. The molecule has 1 aliphatic rings. The average Bonchev–Trinajstić information content (AvgIpc) is 3.19. The molecule has 1 saturated heterocycles. The summed E-state index contributed by atoms with van der Waals surface area (Å²) >= 11 is 1.63. The van der Waals surface area contributed by atoms with Crippen LogP contribution in [0.1, 0.15) is 30.5 Å². The fraction of sp³-hybridized carbons (Fsp3) is 0.438. The van der Waals surface area contributed by atoms with E-state index in [0.717, 1.165) is 35.1 Å². The summed E-state index contributed by atoms with van der Waals surface area (Å²) in [5.74, 6) is 1.21. The summed E-state index contributed by atoms with van der Waals surface area (Å²) in [7, 11) is 0. The van der Waals surface area contributed by atoms with Crippen molar-refractivity contribution in [1.29, 1.82) is 0 Å². The second-order valence-corrected chi connectivity index (χ2v) is 7.10. The lowest BCUT2D eigenvalue weighted by molar-refractivity contribution is 0.0153. The molecular weight excluding hydrogens is 338 g/mol. The zero-order valence-electron chi connectivity index (χ0n) is 14.1. The molecule has 3 aromatic rings. The number of imidazole rings is 1. The Kier molecular flexibility index (Phi) is 4.26. The molecule has 2 unspecified atom stereocenters. The molecule has 1 fully saturated rings. The van der Waals surface area contributed by atoms with Crippen LogP contribution in [-0.2, 0) is 4.74 Å². The van der Waals surface area contributed by atoms with Gasteiger partial charge in [-0.3, -0.25) is 4.57 Å². The minimum Gasteiger partial charge on any atom is -0.382 e. The number of hydrogen-bond donors (Lipinski definition) is 1. The first-order chi connectivity index (χ1) is 12.1. The van der Waals surface area contributed by atoms with Crippen molar-refractivity contribution in [3.8, 4) is 0 Å². The third-order valence-corrected chi connectivity index (χ3v) is 5.12. The van der Waals surface area contributed by atoms with Gasteiger partial charge in [-0.15, -0.1) is 0 Å². The quantitative estimate of drug-likeness (QED) is 0.560. The van der Waals surface area contributed by atoms with Gasteiger partial charge in [-0.05, 0) is 32.8 Å². The molecule has 8 nitrogen and oxygen atoms in total. The number of ether oxygens (including phenoxy) is 1. The molecule has 25 heavy (non-hydrogen) atoms. The van der Waals surface area contributed by atoms with E-state index in [1.54, 1.807) is 18.1 Å². The van der Waals surface area contributed by atoms with Crippen LogP contribution in [0.15, 0.2) is 23.9 Å². The van der Waals surface area contributed by atoms with E-state index >= 15 is 0 Å². The largest absolute Gasteiger partial charge is 0.382 e. The van der Waals surface area contributed by atoms with E-state index in [1.807, 2.05) is 24.5 Å². The van der Waals surface area contributed by atoms with Gasteiger partial charge in [0.05, 0.1) is 12.4 Å². The molecule has 0 aliphatic carbocycles. The zero-order chi connectivity index (χ0) is 17.4. The molecule has 0 spiro atoms. The van der Waals surface area contributed by atoms with Crippen molar-refractivity contribution in [2.75, 3.05) is 11.5 Å². The van der Waals surface area contributed by atoms with Crippen LogP contribution in [0.3, 0.4) is 0 Å². The van der Waals surface area contributed by atoms with Crippen molar-refractivity contribution < 1.29 is 4.74 Å². The SMILES string of the molecule is Cc1cc(C)nc(SCC2CCC(n3cnc4c(N)ncnc43)O2)n1. The molecule has 4 heterocycles. The van der Waals surface area contributed by atoms with Crippen LogP contribution in [0.2, 0.25) is 0 Å². The van der Waals surface area contributed by atoms with E-state index in [2.05, 4.69) is 24.9 Å². The summed E-state index contributed by atoms with van der Waals surface area (Å²) in [6.45, 7) is 3.97. The molecule has 1 aliphatic heterocycles. The van der Waals surface area contributed by atoms with Crippen LogP contribution in [0.5, 0.6) is 0 Å². The van der Waals surface area contributed by atoms with E-state index in [-0.39, 0.29) is 12.3 Å². The first-order valence-electron chi connectivity index (χ1n) is 8.13. The summed E-state index contributed by atoms with van der Waals surface area (Å²) < 4.78 is 8.12. The summed E-state index contributed by atoms with van der Waals surface area (Å²) in [5, 5.41) is 0.804. The molecule has 0 aromatic carbocycles. The van der Waals surface area contributed by atoms with Crippen LogP contribution in [0.25, 0.3) is 11.2 Å². The maximum atomic E-state index is 6.18. The standard InChI is InChI=1S/C16H19N7OS/c1-9-5-10(2)22-16(21-9)25-6-11-3-4-12(24-11)23-8-20-13-14(17)18-7-19-15(13)23/h5,7-8,11-12H,3-4,6H2,1-2H3,(H2,17,18,19). The smallest absolute Gasteiger partial charge is 0.188 e. The molecule has 9 heteroatoms. The Morgan fingerprint density at radius 1 is 1.20 bits per heavy atom. The maximum absolute atomic E-state index is 6.18. The molecule has 4 rings (SSSR count). The maximum Gasteiger partial charge on any atom is 0.188 e. The second-order valence-electron chi connectivity index (χ2n) is 6.12. The Morgan fingerprint density at radius 3 is 2.80 bits per heavy atom. The van der Waals surface area contributed by atoms with E-state index in [9.17, 15) is 0 Å². The van der Waals surface area contributed by atoms with Gasteiger partial charge in [0.15, 0.2) is 16.6 Å². The molecule has 0 saturated carbocycles. The number of thioether (sulfide) groups is 1. The van der Waals surface area contributed by atoms with Gasteiger partial charge in [0.1, 0.15) is 18.1 Å². The molecule has 0 bridgehead atoms. The lowest BCUT2D eigenvalue weighted by Gasteiger charge is -2.15. The van der Waals surface area contributed by atoms with E-state index in [1.165, 1.54) is 6.33 Å². The zero-order valence-corrected chi connectivity index (χ0v) is 14.9. The Balaban J connectivity index is 1.43. The minimum absolute atomic E-state index is 0.0786. The fourth-order valence-corrected chi connectivity index (χ4v) is 4.02. The minimum atomic E-state index is -0.0786. The van der Waals surface area contributed by atoms with Crippen molar-refractivity contribution in [3.63, 3.8) is 0 Å². The normalized spacial score (nSPS) is 20.4. The lowest BCUT2D eigenvalue weighted by atomic mass is 10.2.